The van der Waals surface area contributed by atoms with Gasteiger partial charge in [-0.05, 0) is 17.7 Å². The molecule has 7 heteroatoms. The van der Waals surface area contributed by atoms with Crippen LogP contribution in [0.15, 0.2) is 24.3 Å². The molecule has 0 aromatic heterocycles. The molecule has 0 radical (unpaired) electrons. The number of amides is 1. The molecule has 1 heterocycles. The lowest BCUT2D eigenvalue weighted by Gasteiger charge is -2.35. The fourth-order valence-corrected chi connectivity index (χ4v) is 2.51. The molecular weight excluding hydrogens is 309 g/mol. The zero-order chi connectivity index (χ0) is 15.2. The molecule has 1 fully saturated rings. The van der Waals surface area contributed by atoms with E-state index in [1.54, 1.807) is 17.0 Å². The Balaban J connectivity index is 0.00000242. The number of ether oxygens (including phenoxy) is 1. The van der Waals surface area contributed by atoms with E-state index in [2.05, 4.69) is 4.90 Å². The largest absolute Gasteiger partial charge is 0.383 e. The minimum absolute atomic E-state index is 0. The first kappa shape index (κ1) is 18.8. The Morgan fingerprint density at radius 1 is 1.36 bits per heavy atom. The summed E-state index contributed by atoms with van der Waals surface area (Å²) in [6, 6.07) is 6.02. The van der Waals surface area contributed by atoms with Crippen LogP contribution in [0.2, 0.25) is 0 Å². The zero-order valence-electron chi connectivity index (χ0n) is 12.7. The number of halogens is 2. The quantitative estimate of drug-likeness (QED) is 0.869. The van der Waals surface area contributed by atoms with E-state index in [-0.39, 0.29) is 30.7 Å². The molecule has 0 spiro atoms. The monoisotopic (exact) mass is 331 g/mol. The third kappa shape index (κ3) is 5.21. The van der Waals surface area contributed by atoms with Crippen LogP contribution in [0.3, 0.4) is 0 Å². The van der Waals surface area contributed by atoms with Crippen LogP contribution in [-0.2, 0) is 16.1 Å². The molecule has 2 N–H and O–H groups in total. The van der Waals surface area contributed by atoms with Crippen molar-refractivity contribution in [1.29, 1.82) is 0 Å². The number of benzene rings is 1. The van der Waals surface area contributed by atoms with Gasteiger partial charge in [0.1, 0.15) is 11.9 Å². The van der Waals surface area contributed by atoms with Crippen molar-refractivity contribution in [2.75, 3.05) is 39.9 Å². The van der Waals surface area contributed by atoms with E-state index in [4.69, 9.17) is 10.5 Å². The predicted octanol–water partition coefficient (Wildman–Crippen LogP) is 0.865. The number of methoxy groups -OCH3 is 1. The molecule has 0 saturated carbocycles. The van der Waals surface area contributed by atoms with E-state index >= 15 is 0 Å². The van der Waals surface area contributed by atoms with Gasteiger partial charge in [0.2, 0.25) is 5.91 Å². The maximum Gasteiger partial charge on any atom is 0.241 e. The van der Waals surface area contributed by atoms with Crippen LogP contribution < -0.4 is 5.73 Å². The summed E-state index contributed by atoms with van der Waals surface area (Å²) in [6.45, 7) is 3.76. The Labute approximate surface area is 136 Å². The molecule has 124 valence electrons. The second-order valence-corrected chi connectivity index (χ2v) is 5.29. The van der Waals surface area contributed by atoms with Crippen molar-refractivity contribution in [3.8, 4) is 0 Å². The van der Waals surface area contributed by atoms with Gasteiger partial charge in [-0.15, -0.1) is 12.4 Å². The van der Waals surface area contributed by atoms with E-state index in [0.29, 0.717) is 19.6 Å². The summed E-state index contributed by atoms with van der Waals surface area (Å²) in [5.41, 5.74) is 6.71. The van der Waals surface area contributed by atoms with Crippen LogP contribution in [-0.4, -0.2) is 61.6 Å². The average molecular weight is 332 g/mol. The van der Waals surface area contributed by atoms with Gasteiger partial charge in [0, 0.05) is 39.8 Å². The van der Waals surface area contributed by atoms with Crippen LogP contribution in [0.25, 0.3) is 0 Å². The Morgan fingerprint density at radius 2 is 2.05 bits per heavy atom. The van der Waals surface area contributed by atoms with Crippen molar-refractivity contribution in [2.24, 2.45) is 5.73 Å². The molecule has 2 rings (SSSR count). The van der Waals surface area contributed by atoms with Gasteiger partial charge in [-0.1, -0.05) is 12.1 Å². The average Bonchev–Trinajstić information content (AvgIpc) is 2.47. The molecule has 5 nitrogen and oxygen atoms in total. The highest BCUT2D eigenvalue weighted by Gasteiger charge is 2.25. The van der Waals surface area contributed by atoms with Gasteiger partial charge >= 0.3 is 0 Å². The van der Waals surface area contributed by atoms with Gasteiger partial charge in [0.05, 0.1) is 6.61 Å². The second-order valence-electron chi connectivity index (χ2n) is 5.29. The fraction of sp³-hybridized carbons (Fsp3) is 0.533. The molecule has 1 aliphatic heterocycles. The number of piperazine rings is 1. The van der Waals surface area contributed by atoms with Crippen LogP contribution >= 0.6 is 12.4 Å². The Morgan fingerprint density at radius 3 is 2.64 bits per heavy atom. The van der Waals surface area contributed by atoms with Gasteiger partial charge in [0.15, 0.2) is 0 Å². The number of carbonyl (C=O) groups is 1. The van der Waals surface area contributed by atoms with Crippen molar-refractivity contribution < 1.29 is 13.9 Å². The van der Waals surface area contributed by atoms with Gasteiger partial charge in [-0.2, -0.15) is 0 Å². The molecule has 1 aliphatic rings. The molecular formula is C15H23ClFN3O2. The van der Waals surface area contributed by atoms with E-state index in [1.165, 1.54) is 13.2 Å². The number of hydrogen-bond acceptors (Lipinski definition) is 4. The number of rotatable bonds is 5. The molecule has 22 heavy (non-hydrogen) atoms. The summed E-state index contributed by atoms with van der Waals surface area (Å²) in [6.07, 6.45) is 0. The third-order valence-electron chi connectivity index (χ3n) is 3.64. The molecule has 1 aromatic rings. The number of hydrogen-bond donors (Lipinski definition) is 1. The SMILES string of the molecule is COCC(N)C(=O)N1CCN(Cc2cccc(F)c2)CC1.Cl. The summed E-state index contributed by atoms with van der Waals surface area (Å²) in [5, 5.41) is 0. The minimum atomic E-state index is -0.593. The standard InChI is InChI=1S/C15H22FN3O2.ClH/c1-21-11-14(17)15(20)19-7-5-18(6-8-19)10-12-3-2-4-13(16)9-12;/h2-4,9,14H,5-8,10-11,17H2,1H3;1H. The Bertz CT molecular complexity index is 482. The van der Waals surface area contributed by atoms with Crippen LogP contribution in [0.1, 0.15) is 5.56 Å². The van der Waals surface area contributed by atoms with E-state index in [1.807, 2.05) is 6.07 Å². The molecule has 1 saturated heterocycles. The summed E-state index contributed by atoms with van der Waals surface area (Å²) < 4.78 is 18.1. The molecule has 0 bridgehead atoms. The number of nitrogens with two attached hydrogens (primary N) is 1. The van der Waals surface area contributed by atoms with Gasteiger partial charge in [0.25, 0.3) is 0 Å². The second kappa shape index (κ2) is 9.05. The highest BCUT2D eigenvalue weighted by atomic mass is 35.5. The normalized spacial score (nSPS) is 17.0. The molecule has 1 aromatic carbocycles. The molecule has 1 unspecified atom stereocenters. The highest BCUT2D eigenvalue weighted by molar-refractivity contribution is 5.85. The Kier molecular flexibility index (Phi) is 7.75. The van der Waals surface area contributed by atoms with Crippen molar-refractivity contribution in [1.82, 2.24) is 9.80 Å². The lowest BCUT2D eigenvalue weighted by molar-refractivity contribution is -0.135. The minimum Gasteiger partial charge on any atom is -0.383 e. The molecule has 0 aliphatic carbocycles. The highest BCUT2D eigenvalue weighted by Crippen LogP contribution is 2.10. The number of nitrogens with zero attached hydrogens (tertiary/aromatic N) is 2. The summed E-state index contributed by atoms with van der Waals surface area (Å²) >= 11 is 0. The van der Waals surface area contributed by atoms with Crippen molar-refractivity contribution >= 4 is 18.3 Å². The first-order valence-corrected chi connectivity index (χ1v) is 7.10. The van der Waals surface area contributed by atoms with E-state index in [0.717, 1.165) is 18.7 Å². The summed E-state index contributed by atoms with van der Waals surface area (Å²) in [4.78, 5) is 16.0. The van der Waals surface area contributed by atoms with Crippen LogP contribution in [0.5, 0.6) is 0 Å². The molecule has 1 atom stereocenters. The number of carbonyl (C=O) groups excluding carboxylic acids is 1. The van der Waals surface area contributed by atoms with Crippen molar-refractivity contribution in [2.45, 2.75) is 12.6 Å². The topological polar surface area (TPSA) is 58.8 Å². The smallest absolute Gasteiger partial charge is 0.241 e. The van der Waals surface area contributed by atoms with Gasteiger partial charge in [-0.3, -0.25) is 9.69 Å². The zero-order valence-corrected chi connectivity index (χ0v) is 13.5. The summed E-state index contributed by atoms with van der Waals surface area (Å²) in [5.74, 6) is -0.283. The van der Waals surface area contributed by atoms with Crippen LogP contribution in [0, 0.1) is 5.82 Å². The summed E-state index contributed by atoms with van der Waals surface area (Å²) in [7, 11) is 1.53. The van der Waals surface area contributed by atoms with Crippen molar-refractivity contribution in [3.63, 3.8) is 0 Å². The predicted molar refractivity (Wildman–Crippen MR) is 85.4 cm³/mol. The maximum atomic E-state index is 13.2. The van der Waals surface area contributed by atoms with E-state index in [9.17, 15) is 9.18 Å². The lowest BCUT2D eigenvalue weighted by Crippen LogP contribution is -2.53. The first-order chi connectivity index (χ1) is 10.1. The van der Waals surface area contributed by atoms with Gasteiger partial charge in [-0.25, -0.2) is 4.39 Å². The third-order valence-corrected chi connectivity index (χ3v) is 3.64. The lowest BCUT2D eigenvalue weighted by atomic mass is 10.2. The molecule has 1 amide bonds. The fourth-order valence-electron chi connectivity index (χ4n) is 2.51. The van der Waals surface area contributed by atoms with Crippen molar-refractivity contribution in [3.05, 3.63) is 35.6 Å². The van der Waals surface area contributed by atoms with Crippen LogP contribution in [0.4, 0.5) is 4.39 Å². The maximum absolute atomic E-state index is 13.2. The Hall–Kier alpha value is -1.21. The first-order valence-electron chi connectivity index (χ1n) is 7.10. The van der Waals surface area contributed by atoms with E-state index < -0.39 is 6.04 Å². The van der Waals surface area contributed by atoms with Gasteiger partial charge < -0.3 is 15.4 Å².